The third-order valence-electron chi connectivity index (χ3n) is 5.61. The standard InChI is InChI=1S/C30H29N3O6/c1-30(2,3)39-28(35)19-6-4-18(5-7-19)14-26(34)33-17-24-12-13-25(37-24)29(36)38-23-11-10-20-15-22(27(31)32)9-8-21(20)16-23/h4-13,15-16H,14,17H2,1-3H3,(H3,31,32)(H,33,34). The highest BCUT2D eigenvalue weighted by Crippen LogP contribution is 2.23. The molecule has 200 valence electrons. The molecule has 0 unspecified atom stereocenters. The van der Waals surface area contributed by atoms with Crippen molar-refractivity contribution in [3.8, 4) is 5.75 Å². The summed E-state index contributed by atoms with van der Waals surface area (Å²) in [6, 6.07) is 20.2. The van der Waals surface area contributed by atoms with Gasteiger partial charge < -0.3 is 24.9 Å². The number of fused-ring (bicyclic) bond motifs is 1. The van der Waals surface area contributed by atoms with Crippen LogP contribution in [0.1, 0.15) is 58.6 Å². The Kier molecular flexibility index (Phi) is 7.80. The number of ether oxygens (including phenoxy) is 2. The average molecular weight is 528 g/mol. The zero-order chi connectivity index (χ0) is 28.2. The summed E-state index contributed by atoms with van der Waals surface area (Å²) in [5.74, 6) is -0.621. The monoisotopic (exact) mass is 527 g/mol. The van der Waals surface area contributed by atoms with E-state index >= 15 is 0 Å². The van der Waals surface area contributed by atoms with Gasteiger partial charge in [-0.1, -0.05) is 30.3 Å². The first-order chi connectivity index (χ1) is 18.5. The van der Waals surface area contributed by atoms with E-state index in [2.05, 4.69) is 5.32 Å². The molecule has 0 atom stereocenters. The Morgan fingerprint density at radius 3 is 2.23 bits per heavy atom. The number of carbonyl (C=O) groups excluding carboxylic acids is 3. The van der Waals surface area contributed by atoms with Crippen LogP contribution < -0.4 is 15.8 Å². The third-order valence-corrected chi connectivity index (χ3v) is 5.61. The maximum Gasteiger partial charge on any atom is 0.379 e. The Balaban J connectivity index is 1.29. The number of benzene rings is 3. The van der Waals surface area contributed by atoms with Crippen LogP contribution in [0.5, 0.6) is 5.75 Å². The Morgan fingerprint density at radius 1 is 0.872 bits per heavy atom. The number of nitrogens with two attached hydrogens (primary N) is 1. The fourth-order valence-corrected chi connectivity index (χ4v) is 3.72. The number of rotatable bonds is 8. The number of carbonyl (C=O) groups is 3. The van der Waals surface area contributed by atoms with Gasteiger partial charge in [0, 0.05) is 5.56 Å². The van der Waals surface area contributed by atoms with Crippen molar-refractivity contribution in [3.05, 3.63) is 101 Å². The van der Waals surface area contributed by atoms with Crippen LogP contribution in [-0.4, -0.2) is 29.3 Å². The molecule has 0 radical (unpaired) electrons. The Bertz CT molecular complexity index is 1550. The molecule has 0 bridgehead atoms. The van der Waals surface area contributed by atoms with Gasteiger partial charge in [-0.05, 0) is 79.6 Å². The van der Waals surface area contributed by atoms with E-state index < -0.39 is 17.5 Å². The number of nitrogens with one attached hydrogen (secondary N) is 2. The fraction of sp³-hybridized carbons (Fsp3) is 0.200. The topological polar surface area (TPSA) is 145 Å². The lowest BCUT2D eigenvalue weighted by Crippen LogP contribution is -2.25. The predicted octanol–water partition coefficient (Wildman–Crippen LogP) is 4.75. The smallest absolute Gasteiger partial charge is 0.379 e. The van der Waals surface area contributed by atoms with Gasteiger partial charge in [0.25, 0.3) is 0 Å². The van der Waals surface area contributed by atoms with E-state index in [1.54, 1.807) is 87.5 Å². The summed E-state index contributed by atoms with van der Waals surface area (Å²) in [5.41, 5.74) is 6.70. The van der Waals surface area contributed by atoms with Crippen molar-refractivity contribution in [2.45, 2.75) is 39.3 Å². The van der Waals surface area contributed by atoms with Crippen molar-refractivity contribution in [1.82, 2.24) is 5.32 Å². The molecule has 4 aromatic rings. The second-order valence-electron chi connectivity index (χ2n) is 9.95. The molecule has 0 fully saturated rings. The molecule has 1 amide bonds. The number of hydrogen-bond acceptors (Lipinski definition) is 7. The first kappa shape index (κ1) is 27.1. The van der Waals surface area contributed by atoms with Crippen molar-refractivity contribution >= 4 is 34.5 Å². The normalized spacial score (nSPS) is 11.2. The van der Waals surface area contributed by atoms with Crippen molar-refractivity contribution in [3.63, 3.8) is 0 Å². The molecule has 1 heterocycles. The molecule has 0 aliphatic heterocycles. The first-order valence-corrected chi connectivity index (χ1v) is 12.2. The lowest BCUT2D eigenvalue weighted by atomic mass is 10.1. The molecular weight excluding hydrogens is 498 g/mol. The van der Waals surface area contributed by atoms with Gasteiger partial charge >= 0.3 is 11.9 Å². The van der Waals surface area contributed by atoms with Gasteiger partial charge in [0.2, 0.25) is 11.7 Å². The number of amidine groups is 1. The summed E-state index contributed by atoms with van der Waals surface area (Å²) >= 11 is 0. The maximum absolute atomic E-state index is 12.6. The van der Waals surface area contributed by atoms with Crippen LogP contribution in [0, 0.1) is 5.41 Å². The molecule has 4 N–H and O–H groups in total. The van der Waals surface area contributed by atoms with Gasteiger partial charge in [0.15, 0.2) is 0 Å². The van der Waals surface area contributed by atoms with Crippen molar-refractivity contribution in [2.24, 2.45) is 5.73 Å². The van der Waals surface area contributed by atoms with Crippen LogP contribution in [0.2, 0.25) is 0 Å². The van der Waals surface area contributed by atoms with Gasteiger partial charge in [-0.15, -0.1) is 0 Å². The number of esters is 2. The van der Waals surface area contributed by atoms with Crippen molar-refractivity contribution in [1.29, 1.82) is 5.41 Å². The minimum absolute atomic E-state index is 0.00371. The Morgan fingerprint density at radius 2 is 1.54 bits per heavy atom. The van der Waals surface area contributed by atoms with E-state index in [1.165, 1.54) is 6.07 Å². The average Bonchev–Trinajstić information content (AvgIpc) is 3.36. The molecule has 0 aliphatic rings. The van der Waals surface area contributed by atoms with E-state index in [9.17, 15) is 14.4 Å². The van der Waals surface area contributed by atoms with Gasteiger partial charge in [-0.2, -0.15) is 0 Å². The highest BCUT2D eigenvalue weighted by atomic mass is 16.6. The zero-order valence-electron chi connectivity index (χ0n) is 21.9. The summed E-state index contributed by atoms with van der Waals surface area (Å²) < 4.78 is 16.3. The molecule has 3 aromatic carbocycles. The number of furan rings is 1. The minimum atomic E-state index is -0.669. The molecule has 4 rings (SSSR count). The number of amides is 1. The predicted molar refractivity (Wildman–Crippen MR) is 146 cm³/mol. The van der Waals surface area contributed by atoms with E-state index in [0.29, 0.717) is 22.6 Å². The SMILES string of the molecule is CC(C)(C)OC(=O)c1ccc(CC(=O)NCc2ccc(C(=O)Oc3ccc4cc(C(=N)N)ccc4c3)o2)cc1. The van der Waals surface area contributed by atoms with Crippen LogP contribution in [0.15, 0.2) is 77.2 Å². The minimum Gasteiger partial charge on any atom is -0.456 e. The summed E-state index contributed by atoms with van der Waals surface area (Å²) in [6.07, 6.45) is 0.111. The van der Waals surface area contributed by atoms with Gasteiger partial charge in [0.05, 0.1) is 18.5 Å². The molecular formula is C30H29N3O6. The maximum atomic E-state index is 12.6. The van der Waals surface area contributed by atoms with Crippen LogP contribution >= 0.6 is 0 Å². The summed E-state index contributed by atoms with van der Waals surface area (Å²) in [6.45, 7) is 5.49. The van der Waals surface area contributed by atoms with E-state index in [1.807, 2.05) is 0 Å². The second kappa shape index (κ2) is 11.2. The highest BCUT2D eigenvalue weighted by molar-refractivity contribution is 5.99. The number of nitrogen functional groups attached to an aromatic ring is 1. The Labute approximate surface area is 225 Å². The number of hydrogen-bond donors (Lipinski definition) is 3. The summed E-state index contributed by atoms with van der Waals surface area (Å²) in [5, 5.41) is 12.0. The highest BCUT2D eigenvalue weighted by Gasteiger charge is 2.18. The molecule has 0 saturated heterocycles. The lowest BCUT2D eigenvalue weighted by molar-refractivity contribution is -0.120. The zero-order valence-corrected chi connectivity index (χ0v) is 21.9. The Hall–Kier alpha value is -4.92. The summed E-state index contributed by atoms with van der Waals surface area (Å²) in [7, 11) is 0. The van der Waals surface area contributed by atoms with Crippen LogP contribution in [0.25, 0.3) is 10.8 Å². The molecule has 1 aromatic heterocycles. The van der Waals surface area contributed by atoms with Crippen LogP contribution in [-0.2, 0) is 22.5 Å². The largest absolute Gasteiger partial charge is 0.456 e. The second-order valence-corrected chi connectivity index (χ2v) is 9.95. The third kappa shape index (κ3) is 7.32. The van der Waals surface area contributed by atoms with Crippen LogP contribution in [0.4, 0.5) is 0 Å². The molecule has 39 heavy (non-hydrogen) atoms. The van der Waals surface area contributed by atoms with Crippen molar-refractivity contribution < 1.29 is 28.3 Å². The van der Waals surface area contributed by atoms with E-state index in [4.69, 9.17) is 25.0 Å². The summed E-state index contributed by atoms with van der Waals surface area (Å²) in [4.78, 5) is 37.1. The van der Waals surface area contributed by atoms with Gasteiger partial charge in [-0.25, -0.2) is 9.59 Å². The van der Waals surface area contributed by atoms with Crippen molar-refractivity contribution in [2.75, 3.05) is 0 Å². The molecule has 9 nitrogen and oxygen atoms in total. The quantitative estimate of drug-likeness (QED) is 0.130. The molecule has 9 heteroatoms. The van der Waals surface area contributed by atoms with E-state index in [-0.39, 0.29) is 30.5 Å². The molecule has 0 saturated carbocycles. The van der Waals surface area contributed by atoms with E-state index in [0.717, 1.165) is 16.3 Å². The molecule has 0 spiro atoms. The first-order valence-electron chi connectivity index (χ1n) is 12.2. The lowest BCUT2D eigenvalue weighted by Gasteiger charge is -2.19. The van der Waals surface area contributed by atoms with Gasteiger partial charge in [0.1, 0.15) is 22.9 Å². The van der Waals surface area contributed by atoms with Crippen LogP contribution in [0.3, 0.4) is 0 Å². The van der Waals surface area contributed by atoms with Gasteiger partial charge in [-0.3, -0.25) is 10.2 Å². The molecule has 0 aliphatic carbocycles. The fourth-order valence-electron chi connectivity index (χ4n) is 3.72.